The molecule has 1 aliphatic heterocycles. The molecule has 0 aromatic rings. The molecule has 0 unspecified atom stereocenters. The molecule has 0 amide bonds. The van der Waals surface area contributed by atoms with Crippen LogP contribution in [-0.2, 0) is 23.8 Å². The lowest BCUT2D eigenvalue weighted by molar-refractivity contribution is -0.277. The lowest BCUT2D eigenvalue weighted by Gasteiger charge is -2.64. The van der Waals surface area contributed by atoms with E-state index in [-0.39, 0.29) is 52.9 Å². The second kappa shape index (κ2) is 7.94. The van der Waals surface area contributed by atoms with Gasteiger partial charge in [0.2, 0.25) is 0 Å². The Morgan fingerprint density at radius 1 is 1.23 bits per heavy atom. The molecule has 2 aliphatic carbocycles. The topological polar surface area (TPSA) is 82.1 Å². The Bertz CT molecular complexity index is 709. The second-order valence-electron chi connectivity index (χ2n) is 10.6. The third kappa shape index (κ3) is 3.93. The maximum Gasteiger partial charge on any atom is 0.302 e. The van der Waals surface area contributed by atoms with Gasteiger partial charge >= 0.3 is 11.9 Å². The smallest absolute Gasteiger partial charge is 0.302 e. The van der Waals surface area contributed by atoms with Crippen LogP contribution in [0.15, 0.2) is 12.2 Å². The molecular formula is C24H38O6. The van der Waals surface area contributed by atoms with Crippen LogP contribution in [0.2, 0.25) is 0 Å². The highest BCUT2D eigenvalue weighted by molar-refractivity contribution is 5.66. The quantitative estimate of drug-likeness (QED) is 0.548. The van der Waals surface area contributed by atoms with E-state index in [2.05, 4.69) is 20.4 Å². The molecule has 3 aliphatic rings. The Morgan fingerprint density at radius 2 is 1.90 bits per heavy atom. The molecule has 0 aromatic heterocycles. The third-order valence-corrected chi connectivity index (χ3v) is 8.23. The number of hydrogen-bond donors (Lipinski definition) is 1. The van der Waals surface area contributed by atoms with Crippen LogP contribution in [0, 0.1) is 22.7 Å². The van der Waals surface area contributed by atoms with Crippen molar-refractivity contribution in [2.24, 2.45) is 22.7 Å². The number of ether oxygens (including phenoxy) is 3. The first kappa shape index (κ1) is 23.3. The number of esters is 2. The van der Waals surface area contributed by atoms with Gasteiger partial charge in [-0.2, -0.15) is 0 Å². The molecule has 2 saturated carbocycles. The van der Waals surface area contributed by atoms with Crippen molar-refractivity contribution in [3.63, 3.8) is 0 Å². The van der Waals surface area contributed by atoms with Gasteiger partial charge < -0.3 is 19.3 Å². The summed E-state index contributed by atoms with van der Waals surface area (Å²) in [6.07, 6.45) is 3.15. The summed E-state index contributed by atoms with van der Waals surface area (Å²) in [6, 6.07) is 0. The van der Waals surface area contributed by atoms with Gasteiger partial charge in [0.1, 0.15) is 6.10 Å². The molecule has 0 aromatic carbocycles. The lowest BCUT2D eigenvalue weighted by Crippen LogP contribution is -2.66. The van der Waals surface area contributed by atoms with Crippen LogP contribution in [0.3, 0.4) is 0 Å². The van der Waals surface area contributed by atoms with E-state index in [1.165, 1.54) is 13.8 Å². The van der Waals surface area contributed by atoms with Crippen molar-refractivity contribution in [3.05, 3.63) is 12.2 Å². The molecular weight excluding hydrogens is 384 g/mol. The van der Waals surface area contributed by atoms with Crippen molar-refractivity contribution < 1.29 is 28.9 Å². The van der Waals surface area contributed by atoms with Crippen molar-refractivity contribution in [2.75, 3.05) is 6.61 Å². The lowest BCUT2D eigenvalue weighted by atomic mass is 9.44. The van der Waals surface area contributed by atoms with Gasteiger partial charge in [-0.05, 0) is 50.9 Å². The number of carbonyl (C=O) groups excluding carboxylic acids is 2. The first-order valence-corrected chi connectivity index (χ1v) is 11.2. The van der Waals surface area contributed by atoms with Gasteiger partial charge in [-0.15, -0.1) is 0 Å². The molecule has 1 heterocycles. The minimum atomic E-state index is -1.01. The number of aliphatic hydroxyl groups is 1. The van der Waals surface area contributed by atoms with Crippen molar-refractivity contribution in [2.45, 2.75) is 97.6 Å². The average molecular weight is 423 g/mol. The molecule has 3 rings (SSSR count). The molecule has 1 N–H and O–H groups in total. The highest BCUT2D eigenvalue weighted by Gasteiger charge is 2.64. The van der Waals surface area contributed by atoms with Gasteiger partial charge in [-0.1, -0.05) is 26.0 Å². The van der Waals surface area contributed by atoms with Crippen LogP contribution < -0.4 is 0 Å². The molecule has 6 nitrogen and oxygen atoms in total. The SMILES string of the molecule is C=C1CC[C@@H]2[C@](C)(CC[C@@H]3O[C@H](C(C)(C)O)C[C@@H](OC(C)=O)[C@]32C)[C@H]1COC(C)=O. The monoisotopic (exact) mass is 422 g/mol. The van der Waals surface area contributed by atoms with Crippen molar-refractivity contribution in [1.29, 1.82) is 0 Å². The summed E-state index contributed by atoms with van der Waals surface area (Å²) in [7, 11) is 0. The first-order chi connectivity index (χ1) is 13.8. The Morgan fingerprint density at radius 3 is 2.47 bits per heavy atom. The van der Waals surface area contributed by atoms with Crippen LogP contribution in [0.5, 0.6) is 0 Å². The zero-order chi connectivity index (χ0) is 22.5. The maximum atomic E-state index is 12.0. The van der Waals surface area contributed by atoms with E-state index in [0.717, 1.165) is 31.3 Å². The Labute approximate surface area is 180 Å². The fourth-order valence-electron chi connectivity index (χ4n) is 6.58. The molecule has 170 valence electrons. The normalized spacial score (nSPS) is 41.4. The van der Waals surface area contributed by atoms with E-state index in [9.17, 15) is 14.7 Å². The Kier molecular flexibility index (Phi) is 6.16. The molecule has 0 bridgehead atoms. The summed E-state index contributed by atoms with van der Waals surface area (Å²) in [5, 5.41) is 10.6. The van der Waals surface area contributed by atoms with Crippen LogP contribution >= 0.6 is 0 Å². The van der Waals surface area contributed by atoms with Crippen LogP contribution in [0.1, 0.15) is 73.6 Å². The van der Waals surface area contributed by atoms with Crippen LogP contribution in [-0.4, -0.2) is 47.6 Å². The summed E-state index contributed by atoms with van der Waals surface area (Å²) >= 11 is 0. The summed E-state index contributed by atoms with van der Waals surface area (Å²) < 4.78 is 17.8. The van der Waals surface area contributed by atoms with Crippen molar-refractivity contribution in [3.8, 4) is 0 Å². The second-order valence-corrected chi connectivity index (χ2v) is 10.6. The predicted octanol–water partition coefficient (Wildman–Crippen LogP) is 3.80. The van der Waals surface area contributed by atoms with Gasteiger partial charge in [0.15, 0.2) is 0 Å². The number of carbonyl (C=O) groups is 2. The van der Waals surface area contributed by atoms with Crippen LogP contribution in [0.25, 0.3) is 0 Å². The molecule has 0 radical (unpaired) electrons. The standard InChI is InChI=1S/C24H38O6/c1-14-8-9-18-23(6,17(14)13-28-15(2)25)11-10-19-24(18,7)21(29-16(3)26)12-20(30-19)22(4,5)27/h17-21,27H,1,8-13H2,2-7H3/t17-,18+,19-,20-,21+,23+,24-/m0/s1. The van der Waals surface area contributed by atoms with E-state index in [1.54, 1.807) is 13.8 Å². The fraction of sp³-hybridized carbons (Fsp3) is 0.833. The van der Waals surface area contributed by atoms with Gasteiger partial charge in [-0.25, -0.2) is 0 Å². The van der Waals surface area contributed by atoms with Crippen molar-refractivity contribution in [1.82, 2.24) is 0 Å². The Balaban J connectivity index is 1.98. The van der Waals surface area contributed by atoms with Gasteiger partial charge in [-0.3, -0.25) is 9.59 Å². The number of rotatable bonds is 4. The molecule has 0 spiro atoms. The number of fused-ring (bicyclic) bond motifs is 3. The molecule has 1 saturated heterocycles. The molecule has 30 heavy (non-hydrogen) atoms. The summed E-state index contributed by atoms with van der Waals surface area (Å²) in [6.45, 7) is 15.5. The zero-order valence-corrected chi connectivity index (χ0v) is 19.3. The van der Waals surface area contributed by atoms with Crippen LogP contribution in [0.4, 0.5) is 0 Å². The molecule has 3 fully saturated rings. The maximum absolute atomic E-state index is 12.0. The van der Waals surface area contributed by atoms with E-state index in [1.807, 2.05) is 0 Å². The molecule has 6 heteroatoms. The molecule has 7 atom stereocenters. The van der Waals surface area contributed by atoms with Gasteiger partial charge in [0, 0.05) is 31.6 Å². The van der Waals surface area contributed by atoms with Gasteiger partial charge in [0.25, 0.3) is 0 Å². The minimum absolute atomic E-state index is 0.0721. The third-order valence-electron chi connectivity index (χ3n) is 8.23. The predicted molar refractivity (Wildman–Crippen MR) is 113 cm³/mol. The Hall–Kier alpha value is -1.40. The summed E-state index contributed by atoms with van der Waals surface area (Å²) in [4.78, 5) is 23.5. The first-order valence-electron chi connectivity index (χ1n) is 11.2. The number of hydrogen-bond acceptors (Lipinski definition) is 6. The van der Waals surface area contributed by atoms with E-state index in [0.29, 0.717) is 13.0 Å². The van der Waals surface area contributed by atoms with E-state index in [4.69, 9.17) is 14.2 Å². The highest BCUT2D eigenvalue weighted by atomic mass is 16.6. The minimum Gasteiger partial charge on any atom is -0.465 e. The van der Waals surface area contributed by atoms with Crippen molar-refractivity contribution >= 4 is 11.9 Å². The average Bonchev–Trinajstić information content (AvgIpc) is 2.60. The zero-order valence-electron chi connectivity index (χ0n) is 19.3. The summed E-state index contributed by atoms with van der Waals surface area (Å²) in [5.74, 6) is -0.287. The largest absolute Gasteiger partial charge is 0.465 e. The highest BCUT2D eigenvalue weighted by Crippen LogP contribution is 2.64. The van der Waals surface area contributed by atoms with E-state index < -0.39 is 5.60 Å². The summed E-state index contributed by atoms with van der Waals surface area (Å²) in [5.41, 5.74) is -0.388. The van der Waals surface area contributed by atoms with E-state index >= 15 is 0 Å². The fourth-order valence-corrected chi connectivity index (χ4v) is 6.58. The van der Waals surface area contributed by atoms with Gasteiger partial charge in [0.05, 0.1) is 24.4 Å².